The molecule has 0 aliphatic carbocycles. The molecule has 1 N–H and O–H groups in total. The Morgan fingerprint density at radius 1 is 1.03 bits per heavy atom. The van der Waals surface area contributed by atoms with Crippen LogP contribution in [0.2, 0.25) is 0 Å². The Bertz CT molecular complexity index is 1300. The number of benzene rings is 3. The molecular formula is C27H22F2N2O5. The van der Waals surface area contributed by atoms with Crippen molar-refractivity contribution in [3.05, 3.63) is 83.4 Å². The van der Waals surface area contributed by atoms with E-state index in [4.69, 9.17) is 19.5 Å². The third-order valence-corrected chi connectivity index (χ3v) is 5.58. The van der Waals surface area contributed by atoms with Crippen molar-refractivity contribution in [3.63, 3.8) is 0 Å². The van der Waals surface area contributed by atoms with Crippen molar-refractivity contribution in [2.75, 3.05) is 13.2 Å². The normalized spacial score (nSPS) is 14.6. The molecule has 1 aliphatic heterocycles. The van der Waals surface area contributed by atoms with Gasteiger partial charge in [0.1, 0.15) is 24.5 Å². The summed E-state index contributed by atoms with van der Waals surface area (Å²) in [5.41, 5.74) is 1.90. The van der Waals surface area contributed by atoms with Gasteiger partial charge in [0.15, 0.2) is 18.2 Å². The van der Waals surface area contributed by atoms with Crippen molar-refractivity contribution in [1.29, 1.82) is 5.26 Å². The van der Waals surface area contributed by atoms with Crippen LogP contribution in [0, 0.1) is 23.0 Å². The molecule has 1 heterocycles. The molecule has 7 nitrogen and oxygen atoms in total. The van der Waals surface area contributed by atoms with Crippen LogP contribution >= 0.6 is 0 Å². The minimum atomic E-state index is -1.15. The first-order valence-corrected chi connectivity index (χ1v) is 11.2. The molecule has 0 aromatic heterocycles. The lowest BCUT2D eigenvalue weighted by Gasteiger charge is -2.11. The second-order valence-corrected chi connectivity index (χ2v) is 8.09. The van der Waals surface area contributed by atoms with E-state index in [1.165, 1.54) is 6.07 Å². The number of rotatable bonds is 8. The molecule has 0 bridgehead atoms. The van der Waals surface area contributed by atoms with E-state index >= 15 is 0 Å². The van der Waals surface area contributed by atoms with E-state index < -0.39 is 36.2 Å². The zero-order chi connectivity index (χ0) is 25.5. The zero-order valence-electron chi connectivity index (χ0n) is 19.1. The van der Waals surface area contributed by atoms with Crippen molar-refractivity contribution >= 4 is 11.9 Å². The van der Waals surface area contributed by atoms with Crippen molar-refractivity contribution in [3.8, 4) is 28.7 Å². The molecule has 1 aliphatic rings. The molecule has 4 rings (SSSR count). The second kappa shape index (κ2) is 11.4. The summed E-state index contributed by atoms with van der Waals surface area (Å²) in [4.78, 5) is 24.4. The number of nitrogens with zero attached hydrogens (tertiary/aromatic N) is 1. The maximum absolute atomic E-state index is 14.0. The van der Waals surface area contributed by atoms with Gasteiger partial charge in [-0.3, -0.25) is 0 Å². The van der Waals surface area contributed by atoms with Gasteiger partial charge in [-0.1, -0.05) is 24.3 Å². The highest BCUT2D eigenvalue weighted by Crippen LogP contribution is 2.30. The summed E-state index contributed by atoms with van der Waals surface area (Å²) >= 11 is 0. The van der Waals surface area contributed by atoms with Gasteiger partial charge in [0, 0.05) is 0 Å². The summed E-state index contributed by atoms with van der Waals surface area (Å²) in [6.45, 7) is 0.468. The Morgan fingerprint density at radius 3 is 2.56 bits per heavy atom. The Labute approximate surface area is 206 Å². The number of ether oxygens (including phenoxy) is 3. The van der Waals surface area contributed by atoms with E-state index in [2.05, 4.69) is 5.32 Å². The van der Waals surface area contributed by atoms with Crippen LogP contribution in [0.25, 0.3) is 11.1 Å². The fourth-order valence-corrected chi connectivity index (χ4v) is 3.75. The van der Waals surface area contributed by atoms with Gasteiger partial charge in [-0.2, -0.15) is 9.65 Å². The smallest absolute Gasteiger partial charge is 0.345 e. The largest absolute Gasteiger partial charge is 0.489 e. The molecule has 1 saturated heterocycles. The van der Waals surface area contributed by atoms with Gasteiger partial charge >= 0.3 is 11.9 Å². The van der Waals surface area contributed by atoms with Crippen LogP contribution in [0.5, 0.6) is 11.5 Å². The number of esters is 2. The van der Waals surface area contributed by atoms with Gasteiger partial charge in [-0.25, -0.2) is 14.0 Å². The highest BCUT2D eigenvalue weighted by Gasteiger charge is 2.26. The predicted molar refractivity (Wildman–Crippen MR) is 125 cm³/mol. The van der Waals surface area contributed by atoms with Crippen LogP contribution in [0.3, 0.4) is 0 Å². The van der Waals surface area contributed by atoms with Crippen molar-refractivity contribution in [2.24, 2.45) is 0 Å². The van der Waals surface area contributed by atoms with E-state index in [9.17, 15) is 18.4 Å². The van der Waals surface area contributed by atoms with E-state index in [1.54, 1.807) is 54.6 Å². The van der Waals surface area contributed by atoms with Gasteiger partial charge in [0.25, 0.3) is 0 Å². The third-order valence-electron chi connectivity index (χ3n) is 5.58. The van der Waals surface area contributed by atoms with Crippen molar-refractivity contribution in [1.82, 2.24) is 5.32 Å². The minimum absolute atomic E-state index is 0.149. The Kier molecular flexibility index (Phi) is 7.88. The van der Waals surface area contributed by atoms with E-state index in [0.29, 0.717) is 28.9 Å². The number of hydrogen-bond donors (Lipinski definition) is 1. The van der Waals surface area contributed by atoms with E-state index in [-0.39, 0.29) is 17.9 Å². The van der Waals surface area contributed by atoms with Gasteiger partial charge in [0.2, 0.25) is 5.82 Å². The highest BCUT2D eigenvalue weighted by molar-refractivity contribution is 5.98. The lowest BCUT2D eigenvalue weighted by molar-refractivity contribution is -0.139. The predicted octanol–water partition coefficient (Wildman–Crippen LogP) is 4.55. The molecule has 3 aromatic carbocycles. The molecule has 1 atom stereocenters. The number of nitrogens with one attached hydrogen (secondary N) is 1. The van der Waals surface area contributed by atoms with Gasteiger partial charge in [-0.15, -0.1) is 0 Å². The first kappa shape index (κ1) is 24.8. The van der Waals surface area contributed by atoms with E-state index in [1.807, 2.05) is 0 Å². The molecule has 36 heavy (non-hydrogen) atoms. The number of carbonyl (C=O) groups excluding carboxylic acids is 2. The summed E-state index contributed by atoms with van der Waals surface area (Å²) in [6, 6.07) is 16.9. The van der Waals surface area contributed by atoms with Crippen LogP contribution in [0.4, 0.5) is 8.78 Å². The lowest BCUT2D eigenvalue weighted by Crippen LogP contribution is -2.33. The summed E-state index contributed by atoms with van der Waals surface area (Å²) in [7, 11) is 0. The zero-order valence-corrected chi connectivity index (χ0v) is 19.1. The average molecular weight is 492 g/mol. The first-order chi connectivity index (χ1) is 17.4. The first-order valence-electron chi connectivity index (χ1n) is 11.2. The maximum atomic E-state index is 14.0. The molecule has 0 radical (unpaired) electrons. The lowest BCUT2D eigenvalue weighted by atomic mass is 10.0. The topological polar surface area (TPSA) is 97.7 Å². The van der Waals surface area contributed by atoms with Gasteiger partial charge < -0.3 is 19.5 Å². The summed E-state index contributed by atoms with van der Waals surface area (Å²) in [5.74, 6) is -3.36. The van der Waals surface area contributed by atoms with Crippen LogP contribution in [0.15, 0.2) is 60.7 Å². The summed E-state index contributed by atoms with van der Waals surface area (Å²) in [6.07, 6.45) is 1.51. The highest BCUT2D eigenvalue weighted by atomic mass is 19.2. The SMILES string of the molecule is N#CCOc1cc(-c2ccc(OCc3cccc(C(=O)OC(=O)[C@@H]4CCCN4)c3)cc2)cc(F)c1F. The molecule has 1 fully saturated rings. The third kappa shape index (κ3) is 6.03. The number of halogens is 2. The fourth-order valence-electron chi connectivity index (χ4n) is 3.75. The molecular weight excluding hydrogens is 470 g/mol. The molecule has 184 valence electrons. The summed E-state index contributed by atoms with van der Waals surface area (Å²) in [5, 5.41) is 11.6. The molecule has 0 amide bonds. The second-order valence-electron chi connectivity index (χ2n) is 8.09. The Morgan fingerprint density at radius 2 is 1.83 bits per heavy atom. The molecule has 3 aromatic rings. The standard InChI is InChI=1S/C27H22F2N2O5/c28-22-14-20(15-24(25(22)29)34-12-10-30)18-6-8-21(9-7-18)35-16-17-3-1-4-19(13-17)26(32)36-27(33)23-5-2-11-31-23/h1,3-4,6-9,13-15,23,31H,2,5,11-12,16H2/t23-/m0/s1. The van der Waals surface area contributed by atoms with Crippen molar-refractivity contribution in [2.45, 2.75) is 25.5 Å². The molecule has 0 spiro atoms. The van der Waals surface area contributed by atoms with Crippen LogP contribution in [-0.4, -0.2) is 31.1 Å². The molecule has 0 unspecified atom stereocenters. The summed E-state index contributed by atoms with van der Waals surface area (Å²) < 4.78 is 43.6. The Hall–Kier alpha value is -4.29. The minimum Gasteiger partial charge on any atom is -0.489 e. The monoisotopic (exact) mass is 492 g/mol. The van der Waals surface area contributed by atoms with Gasteiger partial charge in [-0.05, 0) is 72.5 Å². The average Bonchev–Trinajstić information content (AvgIpc) is 3.44. The Balaban J connectivity index is 1.38. The van der Waals surface area contributed by atoms with Crippen LogP contribution < -0.4 is 14.8 Å². The molecule has 0 saturated carbocycles. The number of nitriles is 1. The van der Waals surface area contributed by atoms with E-state index in [0.717, 1.165) is 19.0 Å². The van der Waals surface area contributed by atoms with Crippen LogP contribution in [-0.2, 0) is 16.1 Å². The quantitative estimate of drug-likeness (QED) is 0.364. The van der Waals surface area contributed by atoms with Crippen LogP contribution in [0.1, 0.15) is 28.8 Å². The van der Waals surface area contributed by atoms with Gasteiger partial charge in [0.05, 0.1) is 5.56 Å². The fraction of sp³-hybridized carbons (Fsp3) is 0.222. The molecule has 9 heteroatoms. The maximum Gasteiger partial charge on any atom is 0.345 e. The van der Waals surface area contributed by atoms with Crippen molar-refractivity contribution < 1.29 is 32.6 Å². The number of carbonyl (C=O) groups is 2. The number of hydrogen-bond acceptors (Lipinski definition) is 7.